The molecule has 1 aliphatic rings. The summed E-state index contributed by atoms with van der Waals surface area (Å²) in [6.07, 6.45) is 2.29. The number of likely N-dealkylation sites (tertiary alicyclic amines) is 1. The number of halogens is 1. The zero-order valence-electron chi connectivity index (χ0n) is 20.3. The number of amides is 1. The molecule has 3 heterocycles. The van der Waals surface area contributed by atoms with Gasteiger partial charge in [-0.15, -0.1) is 0 Å². The minimum absolute atomic E-state index is 0.171. The Morgan fingerprint density at radius 3 is 2.49 bits per heavy atom. The molecule has 1 fully saturated rings. The molecular formula is C28H26ClN3O4S. The summed E-state index contributed by atoms with van der Waals surface area (Å²) in [5, 5.41) is 12.4. The van der Waals surface area contributed by atoms with E-state index in [9.17, 15) is 18.3 Å². The number of nitrogens with zero attached hydrogens (tertiary/aromatic N) is 3. The number of aryl methyl sites for hydroxylation is 1. The molecule has 5 rings (SSSR count). The van der Waals surface area contributed by atoms with E-state index in [1.165, 1.54) is 0 Å². The fourth-order valence-corrected chi connectivity index (χ4v) is 6.75. The van der Waals surface area contributed by atoms with Crippen LogP contribution in [0.2, 0.25) is 5.02 Å². The minimum atomic E-state index is -3.70. The molecule has 1 amide bonds. The standard InChI is InChI=1S/C28H26ClN3O4S/c1-19-21(18-37(35,36)25-10-4-6-20-7-5-15-30-26(20)25)11-12-24(31-19)27(33)32-16-13-28(34,14-17-32)22-8-2-3-9-23(22)29/h2-12,15,34H,13-14,16-18H2,1H3. The molecule has 37 heavy (non-hydrogen) atoms. The van der Waals surface area contributed by atoms with Gasteiger partial charge in [0.25, 0.3) is 5.91 Å². The number of pyridine rings is 2. The second-order valence-electron chi connectivity index (χ2n) is 9.34. The first-order chi connectivity index (χ1) is 17.7. The summed E-state index contributed by atoms with van der Waals surface area (Å²) in [6.45, 7) is 2.41. The topological polar surface area (TPSA) is 100 Å². The Bertz CT molecular complexity index is 1590. The van der Waals surface area contributed by atoms with Gasteiger partial charge in [0.1, 0.15) is 5.69 Å². The number of hydrogen-bond donors (Lipinski definition) is 1. The van der Waals surface area contributed by atoms with Gasteiger partial charge < -0.3 is 10.0 Å². The van der Waals surface area contributed by atoms with Crippen molar-refractivity contribution in [2.75, 3.05) is 13.1 Å². The number of piperidine rings is 1. The SMILES string of the molecule is Cc1nc(C(=O)N2CCC(O)(c3ccccc3Cl)CC2)ccc1CS(=O)(=O)c1cccc2cccnc12. The highest BCUT2D eigenvalue weighted by atomic mass is 35.5. The van der Waals surface area contributed by atoms with E-state index in [-0.39, 0.29) is 22.2 Å². The van der Waals surface area contributed by atoms with Gasteiger partial charge in [0.05, 0.1) is 21.8 Å². The van der Waals surface area contributed by atoms with Crippen LogP contribution in [0.15, 0.2) is 77.8 Å². The van der Waals surface area contributed by atoms with Crippen LogP contribution in [0.1, 0.15) is 40.2 Å². The van der Waals surface area contributed by atoms with E-state index in [4.69, 9.17) is 11.6 Å². The summed E-state index contributed by atoms with van der Waals surface area (Å²) in [5.74, 6) is -0.498. The highest BCUT2D eigenvalue weighted by Crippen LogP contribution is 2.37. The average molecular weight is 536 g/mol. The normalized spacial score (nSPS) is 15.6. The maximum atomic E-state index is 13.3. The smallest absolute Gasteiger partial charge is 0.272 e. The van der Waals surface area contributed by atoms with E-state index in [0.717, 1.165) is 5.39 Å². The Hall–Kier alpha value is -3.33. The van der Waals surface area contributed by atoms with E-state index in [1.807, 2.05) is 30.3 Å². The number of aliphatic hydroxyl groups is 1. The first-order valence-electron chi connectivity index (χ1n) is 12.0. The summed E-state index contributed by atoms with van der Waals surface area (Å²) in [5.41, 5.74) is 1.26. The second kappa shape index (κ2) is 9.85. The number of hydrogen-bond acceptors (Lipinski definition) is 6. The third-order valence-corrected chi connectivity index (χ3v) is 8.96. The van der Waals surface area contributed by atoms with Gasteiger partial charge in [-0.3, -0.25) is 9.78 Å². The number of sulfone groups is 1. The van der Waals surface area contributed by atoms with Crippen LogP contribution in [0.3, 0.4) is 0 Å². The van der Waals surface area contributed by atoms with Crippen LogP contribution >= 0.6 is 11.6 Å². The van der Waals surface area contributed by atoms with E-state index < -0.39 is 15.4 Å². The molecule has 2 aromatic heterocycles. The zero-order chi connectivity index (χ0) is 26.2. The maximum Gasteiger partial charge on any atom is 0.272 e. The predicted molar refractivity (Wildman–Crippen MR) is 142 cm³/mol. The largest absolute Gasteiger partial charge is 0.385 e. The molecule has 0 radical (unpaired) electrons. The van der Waals surface area contributed by atoms with Crippen LogP contribution in [0.5, 0.6) is 0 Å². The lowest BCUT2D eigenvalue weighted by Crippen LogP contribution is -2.45. The number of carbonyl (C=O) groups excluding carboxylic acids is 1. The molecule has 0 unspecified atom stereocenters. The molecule has 0 aliphatic carbocycles. The van der Waals surface area contributed by atoms with E-state index in [0.29, 0.717) is 53.3 Å². The van der Waals surface area contributed by atoms with Gasteiger partial charge in [0.15, 0.2) is 9.84 Å². The monoisotopic (exact) mass is 535 g/mol. The first-order valence-corrected chi connectivity index (χ1v) is 14.0. The molecule has 0 spiro atoms. The lowest BCUT2D eigenvalue weighted by molar-refractivity contribution is -0.0211. The Balaban J connectivity index is 1.31. The molecule has 190 valence electrons. The van der Waals surface area contributed by atoms with Crippen molar-refractivity contribution in [2.24, 2.45) is 0 Å². The Kier molecular flexibility index (Phi) is 6.74. The summed E-state index contributed by atoms with van der Waals surface area (Å²) in [4.78, 5) is 23.7. The summed E-state index contributed by atoms with van der Waals surface area (Å²) in [6, 6.07) is 19.1. The van der Waals surface area contributed by atoms with Crippen molar-refractivity contribution in [2.45, 2.75) is 36.0 Å². The quantitative estimate of drug-likeness (QED) is 0.398. The first kappa shape index (κ1) is 25.3. The predicted octanol–water partition coefficient (Wildman–Crippen LogP) is 4.69. The molecule has 9 heteroatoms. The molecule has 0 bridgehead atoms. The fraction of sp³-hybridized carbons (Fsp3) is 0.250. The lowest BCUT2D eigenvalue weighted by Gasteiger charge is -2.38. The number of benzene rings is 2. The summed E-state index contributed by atoms with van der Waals surface area (Å²) < 4.78 is 26.5. The van der Waals surface area contributed by atoms with Crippen molar-refractivity contribution < 1.29 is 18.3 Å². The van der Waals surface area contributed by atoms with Crippen molar-refractivity contribution in [3.8, 4) is 0 Å². The molecule has 0 atom stereocenters. The van der Waals surface area contributed by atoms with Crippen LogP contribution in [0.25, 0.3) is 10.9 Å². The van der Waals surface area contributed by atoms with E-state index in [2.05, 4.69) is 9.97 Å². The Morgan fingerprint density at radius 1 is 1.03 bits per heavy atom. The van der Waals surface area contributed by atoms with E-state index >= 15 is 0 Å². The molecular weight excluding hydrogens is 510 g/mol. The van der Waals surface area contributed by atoms with Gasteiger partial charge >= 0.3 is 0 Å². The number of para-hydroxylation sites is 1. The van der Waals surface area contributed by atoms with Gasteiger partial charge in [-0.2, -0.15) is 0 Å². The van der Waals surface area contributed by atoms with Gasteiger partial charge in [0, 0.05) is 41.0 Å². The Morgan fingerprint density at radius 2 is 1.76 bits per heavy atom. The Labute approximate surface area is 220 Å². The van der Waals surface area contributed by atoms with Crippen molar-refractivity contribution in [1.82, 2.24) is 14.9 Å². The number of aromatic nitrogens is 2. The minimum Gasteiger partial charge on any atom is -0.385 e. The molecule has 0 saturated carbocycles. The maximum absolute atomic E-state index is 13.3. The van der Waals surface area contributed by atoms with Gasteiger partial charge in [-0.05, 0) is 49.6 Å². The second-order valence-corrected chi connectivity index (χ2v) is 11.7. The number of rotatable bonds is 5. The molecule has 2 aromatic carbocycles. The van der Waals surface area contributed by atoms with Crippen LogP contribution in [0.4, 0.5) is 0 Å². The average Bonchev–Trinajstić information content (AvgIpc) is 2.89. The zero-order valence-corrected chi connectivity index (χ0v) is 21.8. The molecule has 4 aromatic rings. The van der Waals surface area contributed by atoms with Crippen molar-refractivity contribution in [3.05, 3.63) is 100 Å². The molecule has 1 saturated heterocycles. The van der Waals surface area contributed by atoms with Gasteiger partial charge in [-0.1, -0.05) is 54.1 Å². The lowest BCUT2D eigenvalue weighted by atomic mass is 9.84. The number of fused-ring (bicyclic) bond motifs is 1. The summed E-state index contributed by atoms with van der Waals surface area (Å²) in [7, 11) is -3.70. The highest BCUT2D eigenvalue weighted by Gasteiger charge is 2.37. The van der Waals surface area contributed by atoms with E-state index in [1.54, 1.807) is 54.4 Å². The van der Waals surface area contributed by atoms with Crippen molar-refractivity contribution >= 4 is 38.2 Å². The number of carbonyl (C=O) groups is 1. The third-order valence-electron chi connectivity index (χ3n) is 6.94. The van der Waals surface area contributed by atoms with Crippen molar-refractivity contribution in [3.63, 3.8) is 0 Å². The van der Waals surface area contributed by atoms with Crippen LogP contribution in [-0.4, -0.2) is 47.4 Å². The van der Waals surface area contributed by atoms with Gasteiger partial charge in [-0.25, -0.2) is 13.4 Å². The molecule has 7 nitrogen and oxygen atoms in total. The van der Waals surface area contributed by atoms with Crippen LogP contribution in [0, 0.1) is 6.92 Å². The van der Waals surface area contributed by atoms with Gasteiger partial charge in [0.2, 0.25) is 0 Å². The summed E-state index contributed by atoms with van der Waals surface area (Å²) >= 11 is 6.29. The van der Waals surface area contributed by atoms with Crippen LogP contribution in [-0.2, 0) is 21.2 Å². The fourth-order valence-electron chi connectivity index (χ4n) is 4.82. The van der Waals surface area contributed by atoms with Crippen LogP contribution < -0.4 is 0 Å². The third kappa shape index (κ3) is 4.97. The highest BCUT2D eigenvalue weighted by molar-refractivity contribution is 7.90. The molecule has 1 aliphatic heterocycles. The van der Waals surface area contributed by atoms with Crippen molar-refractivity contribution in [1.29, 1.82) is 0 Å². The molecule has 1 N–H and O–H groups in total.